The zero-order valence-electron chi connectivity index (χ0n) is 14.2. The zero-order valence-corrected chi connectivity index (χ0v) is 15.0. The lowest BCUT2D eigenvalue weighted by Crippen LogP contribution is -1.95. The lowest BCUT2D eigenvalue weighted by molar-refractivity contribution is 0.482. The molecule has 4 aromatic rings. The van der Waals surface area contributed by atoms with Crippen molar-refractivity contribution < 1.29 is 4.74 Å². The van der Waals surface area contributed by atoms with E-state index in [-0.39, 0.29) is 0 Å². The second-order valence-corrected chi connectivity index (χ2v) is 6.02. The van der Waals surface area contributed by atoms with Crippen molar-refractivity contribution in [2.45, 2.75) is 0 Å². The van der Waals surface area contributed by atoms with Gasteiger partial charge in [-0.25, -0.2) is 5.10 Å². The topological polar surface area (TPSA) is 68.1 Å². The Morgan fingerprint density at radius 2 is 1.74 bits per heavy atom. The van der Waals surface area contributed by atoms with Gasteiger partial charge >= 0.3 is 0 Å². The number of aromatic amines is 1. The fourth-order valence-corrected chi connectivity index (χ4v) is 2.67. The third kappa shape index (κ3) is 3.99. The van der Waals surface area contributed by atoms with E-state index in [1.165, 1.54) is 0 Å². The van der Waals surface area contributed by atoms with E-state index in [2.05, 4.69) is 20.3 Å². The maximum atomic E-state index is 5.86. The molecule has 0 aliphatic rings. The van der Waals surface area contributed by atoms with Gasteiger partial charge < -0.3 is 4.74 Å². The summed E-state index contributed by atoms with van der Waals surface area (Å²) in [4.78, 5) is 4.02. The van der Waals surface area contributed by atoms with Crippen molar-refractivity contribution in [1.29, 1.82) is 0 Å². The minimum atomic E-state index is 0.412. The van der Waals surface area contributed by atoms with E-state index >= 15 is 0 Å². The predicted octanol–water partition coefficient (Wildman–Crippen LogP) is 4.68. The van der Waals surface area contributed by atoms with Crippen LogP contribution in [0.4, 0.5) is 0 Å². The molecule has 4 rings (SSSR count). The molecule has 7 heteroatoms. The molecule has 0 atom stereocenters. The van der Waals surface area contributed by atoms with E-state index in [1.807, 2.05) is 66.7 Å². The maximum absolute atomic E-state index is 5.86. The molecule has 0 radical (unpaired) electrons. The second kappa shape index (κ2) is 7.76. The van der Waals surface area contributed by atoms with E-state index in [1.54, 1.807) is 23.3 Å². The van der Waals surface area contributed by atoms with Gasteiger partial charge in [-0.05, 0) is 54.2 Å². The summed E-state index contributed by atoms with van der Waals surface area (Å²) in [5.74, 6) is 2.13. The molecule has 0 aliphatic carbocycles. The third-order valence-electron chi connectivity index (χ3n) is 3.75. The van der Waals surface area contributed by atoms with E-state index in [9.17, 15) is 0 Å². The van der Waals surface area contributed by atoms with Crippen molar-refractivity contribution in [2.75, 3.05) is 0 Å². The van der Waals surface area contributed by atoms with Gasteiger partial charge in [0.25, 0.3) is 0 Å². The molecule has 132 valence electrons. The van der Waals surface area contributed by atoms with E-state index in [0.29, 0.717) is 10.6 Å². The molecule has 0 saturated carbocycles. The number of para-hydroxylation sites is 1. The molecule has 6 nitrogen and oxygen atoms in total. The molecule has 0 saturated heterocycles. The largest absolute Gasteiger partial charge is 0.457 e. The van der Waals surface area contributed by atoms with Gasteiger partial charge in [0.1, 0.15) is 11.5 Å². The summed E-state index contributed by atoms with van der Waals surface area (Å²) < 4.78 is 7.85. The van der Waals surface area contributed by atoms with Gasteiger partial charge in [-0.3, -0.25) is 4.98 Å². The summed E-state index contributed by atoms with van der Waals surface area (Å²) in [6, 6.07) is 21.0. The van der Waals surface area contributed by atoms with Crippen molar-refractivity contribution in [3.8, 4) is 22.9 Å². The van der Waals surface area contributed by atoms with Crippen LogP contribution in [0.15, 0.2) is 84.2 Å². The lowest BCUT2D eigenvalue weighted by atomic mass is 10.2. The Morgan fingerprint density at radius 1 is 0.963 bits per heavy atom. The average molecular weight is 373 g/mol. The molecule has 1 N–H and O–H groups in total. The maximum Gasteiger partial charge on any atom is 0.216 e. The highest BCUT2D eigenvalue weighted by Gasteiger charge is 2.07. The van der Waals surface area contributed by atoms with Crippen LogP contribution in [0.1, 0.15) is 5.56 Å². The smallest absolute Gasteiger partial charge is 0.216 e. The summed E-state index contributed by atoms with van der Waals surface area (Å²) in [7, 11) is 0. The Balaban J connectivity index is 1.60. The number of nitrogens with zero attached hydrogens (tertiary/aromatic N) is 4. The number of benzene rings is 2. The van der Waals surface area contributed by atoms with Crippen LogP contribution in [0.5, 0.6) is 11.5 Å². The number of hydrogen-bond acceptors (Lipinski definition) is 5. The molecule has 0 fully saturated rings. The van der Waals surface area contributed by atoms with Crippen molar-refractivity contribution in [1.82, 2.24) is 19.9 Å². The van der Waals surface area contributed by atoms with Crippen LogP contribution in [0.2, 0.25) is 0 Å². The molecule has 0 amide bonds. The molecule has 0 bridgehead atoms. The zero-order chi connectivity index (χ0) is 18.5. The Hall–Kier alpha value is -3.58. The Morgan fingerprint density at radius 3 is 2.56 bits per heavy atom. The van der Waals surface area contributed by atoms with Gasteiger partial charge in [0.15, 0.2) is 5.82 Å². The summed E-state index contributed by atoms with van der Waals surface area (Å²) in [5, 5.41) is 11.5. The van der Waals surface area contributed by atoms with Gasteiger partial charge in [-0.15, -0.1) is 0 Å². The number of rotatable bonds is 5. The van der Waals surface area contributed by atoms with Crippen LogP contribution >= 0.6 is 12.2 Å². The first-order chi connectivity index (χ1) is 13.3. The normalized spacial score (nSPS) is 11.0. The van der Waals surface area contributed by atoms with E-state index in [4.69, 9.17) is 17.0 Å². The molecular weight excluding hydrogens is 358 g/mol. The first-order valence-corrected chi connectivity index (χ1v) is 8.65. The highest BCUT2D eigenvalue weighted by molar-refractivity contribution is 7.71. The molecule has 2 aromatic carbocycles. The quantitative estimate of drug-likeness (QED) is 0.407. The first kappa shape index (κ1) is 16.9. The Labute approximate surface area is 160 Å². The molecule has 0 unspecified atom stereocenters. The lowest BCUT2D eigenvalue weighted by Gasteiger charge is -2.06. The van der Waals surface area contributed by atoms with Crippen LogP contribution in [-0.4, -0.2) is 26.1 Å². The summed E-state index contributed by atoms with van der Waals surface area (Å²) in [6.07, 6.45) is 5.12. The number of hydrogen-bond donors (Lipinski definition) is 1. The summed E-state index contributed by atoms with van der Waals surface area (Å²) in [6.45, 7) is 0. The van der Waals surface area contributed by atoms with Gasteiger partial charge in [0.2, 0.25) is 4.77 Å². The van der Waals surface area contributed by atoms with Crippen molar-refractivity contribution >= 4 is 18.4 Å². The predicted molar refractivity (Wildman–Crippen MR) is 107 cm³/mol. The standard InChI is InChI=1S/C20H15N5OS/c27-20-24-23-19(16-9-11-21-12-10-16)25(20)22-14-15-5-4-8-18(13-15)26-17-6-2-1-3-7-17/h1-14H,(H,24,27)/b22-14-. The van der Waals surface area contributed by atoms with E-state index < -0.39 is 0 Å². The number of pyridine rings is 1. The van der Waals surface area contributed by atoms with Gasteiger partial charge in [-0.2, -0.15) is 14.9 Å². The Kier molecular flexibility index (Phi) is 4.84. The molecule has 0 aliphatic heterocycles. The molecular formula is C20H15N5OS. The number of ether oxygens (including phenoxy) is 1. The fraction of sp³-hybridized carbons (Fsp3) is 0. The summed E-state index contributed by atoms with van der Waals surface area (Å²) >= 11 is 5.29. The molecule has 0 spiro atoms. The fourth-order valence-electron chi connectivity index (χ4n) is 2.49. The highest BCUT2D eigenvalue weighted by atomic mass is 32.1. The van der Waals surface area contributed by atoms with Crippen LogP contribution in [-0.2, 0) is 0 Å². The average Bonchev–Trinajstić information content (AvgIpc) is 3.09. The van der Waals surface area contributed by atoms with Crippen LogP contribution < -0.4 is 4.74 Å². The first-order valence-electron chi connectivity index (χ1n) is 8.25. The number of H-pyrrole nitrogens is 1. The van der Waals surface area contributed by atoms with Gasteiger partial charge in [0, 0.05) is 18.0 Å². The molecule has 2 heterocycles. The minimum Gasteiger partial charge on any atom is -0.457 e. The molecule has 27 heavy (non-hydrogen) atoms. The van der Waals surface area contributed by atoms with E-state index in [0.717, 1.165) is 22.6 Å². The van der Waals surface area contributed by atoms with Crippen LogP contribution in [0, 0.1) is 4.77 Å². The SMILES string of the molecule is S=c1[nH]nc(-c2ccncc2)n1/N=C\c1cccc(Oc2ccccc2)c1. The number of nitrogens with one attached hydrogen (secondary N) is 1. The Bertz CT molecular complexity index is 1120. The van der Waals surface area contributed by atoms with Crippen LogP contribution in [0.3, 0.4) is 0 Å². The second-order valence-electron chi connectivity index (χ2n) is 5.63. The van der Waals surface area contributed by atoms with Gasteiger partial charge in [-0.1, -0.05) is 30.3 Å². The van der Waals surface area contributed by atoms with Crippen molar-refractivity contribution in [3.63, 3.8) is 0 Å². The third-order valence-corrected chi connectivity index (χ3v) is 4.01. The minimum absolute atomic E-state index is 0.412. The van der Waals surface area contributed by atoms with Crippen molar-refractivity contribution in [2.24, 2.45) is 5.10 Å². The number of aromatic nitrogens is 4. The highest BCUT2D eigenvalue weighted by Crippen LogP contribution is 2.21. The van der Waals surface area contributed by atoms with Gasteiger partial charge in [0.05, 0.1) is 6.21 Å². The monoisotopic (exact) mass is 373 g/mol. The summed E-state index contributed by atoms with van der Waals surface area (Å²) in [5.41, 5.74) is 1.75. The molecule has 2 aromatic heterocycles. The van der Waals surface area contributed by atoms with Crippen molar-refractivity contribution in [3.05, 3.63) is 89.5 Å². The van der Waals surface area contributed by atoms with Crippen LogP contribution in [0.25, 0.3) is 11.4 Å².